The third-order valence-electron chi connectivity index (χ3n) is 8.26. The molecule has 1 fully saturated rings. The Morgan fingerprint density at radius 2 is 1.39 bits per heavy atom. The molecule has 2 aromatic carbocycles. The summed E-state index contributed by atoms with van der Waals surface area (Å²) in [5.41, 5.74) is -4.25. The molecule has 1 aliphatic heterocycles. The fourth-order valence-electron chi connectivity index (χ4n) is 5.78. The van der Waals surface area contributed by atoms with Crippen molar-refractivity contribution < 1.29 is 45.1 Å². The molecule has 0 radical (unpaired) electrons. The predicted molar refractivity (Wildman–Crippen MR) is 148 cm³/mol. The average Bonchev–Trinajstić information content (AvgIpc) is 2.95. The molecule has 2 aromatic rings. The van der Waals surface area contributed by atoms with E-state index in [1.165, 1.54) is 58.1 Å². The Bertz CT molecular complexity index is 1360. The highest BCUT2D eigenvalue weighted by atomic mass is 19.4. The van der Waals surface area contributed by atoms with Crippen molar-refractivity contribution in [2.75, 3.05) is 34.2 Å². The average molecular weight is 633 g/mol. The maximum atomic E-state index is 14.0. The smallest absolute Gasteiger partial charge is 0.357 e. The van der Waals surface area contributed by atoms with Gasteiger partial charge in [-0.15, -0.1) is 0 Å². The number of nitrogens with zero attached hydrogens (tertiary/aromatic N) is 2. The van der Waals surface area contributed by atoms with Crippen LogP contribution in [0.3, 0.4) is 0 Å². The molecule has 3 rings (SSSR count). The zero-order chi connectivity index (χ0) is 33.4. The number of hydrogen-bond donors (Lipinski definition) is 2. The molecule has 242 valence electrons. The number of halogens is 7. The summed E-state index contributed by atoms with van der Waals surface area (Å²) in [6.07, 6.45) is -10.0. The van der Waals surface area contributed by atoms with Crippen molar-refractivity contribution in [3.05, 3.63) is 70.0 Å². The first-order valence-electron chi connectivity index (χ1n) is 13.7. The Hall–Kier alpha value is -3.68. The Labute approximate surface area is 250 Å². The third kappa shape index (κ3) is 7.16. The molecule has 1 aliphatic rings. The molecule has 0 aliphatic carbocycles. The topological polar surface area (TPSA) is 81.8 Å². The SMILES string of the molecule is CNC(=O)C(C(=O)NC)N1CC[C@H](N(C)C(=O)C(C)(C)c2cc(C(F)(F)F)cc(C(F)(F)F)c2)[C@@H](c2ccc(F)cc2C)C1. The van der Waals surface area contributed by atoms with Gasteiger partial charge in [0.15, 0.2) is 6.04 Å². The summed E-state index contributed by atoms with van der Waals surface area (Å²) in [5, 5.41) is 4.91. The normalized spacial score (nSPS) is 18.2. The van der Waals surface area contributed by atoms with Crippen molar-refractivity contribution in [3.63, 3.8) is 0 Å². The summed E-state index contributed by atoms with van der Waals surface area (Å²) in [6.45, 7) is 4.36. The molecular formula is C30H35F7N4O3. The number of rotatable bonds is 7. The van der Waals surface area contributed by atoms with E-state index in [4.69, 9.17) is 0 Å². The monoisotopic (exact) mass is 632 g/mol. The number of aryl methyl sites for hydroxylation is 1. The van der Waals surface area contributed by atoms with Crippen LogP contribution < -0.4 is 10.6 Å². The first-order chi connectivity index (χ1) is 20.2. The fraction of sp³-hybridized carbons (Fsp3) is 0.500. The van der Waals surface area contributed by atoms with Gasteiger partial charge in [-0.05, 0) is 74.2 Å². The number of hydrogen-bond acceptors (Lipinski definition) is 4. The van der Waals surface area contributed by atoms with Gasteiger partial charge in [-0.3, -0.25) is 19.3 Å². The van der Waals surface area contributed by atoms with Crippen molar-refractivity contribution in [1.82, 2.24) is 20.4 Å². The fourth-order valence-corrected chi connectivity index (χ4v) is 5.78. The van der Waals surface area contributed by atoms with Gasteiger partial charge in [0.25, 0.3) is 0 Å². The molecule has 2 atom stereocenters. The van der Waals surface area contributed by atoms with Gasteiger partial charge in [-0.25, -0.2) is 4.39 Å². The number of likely N-dealkylation sites (N-methyl/N-ethyl adjacent to an activating group) is 3. The number of alkyl halides is 6. The zero-order valence-electron chi connectivity index (χ0n) is 25.1. The molecule has 0 aromatic heterocycles. The quantitative estimate of drug-likeness (QED) is 0.345. The Balaban J connectivity index is 2.08. The molecule has 2 N–H and O–H groups in total. The minimum atomic E-state index is -5.09. The first-order valence-corrected chi connectivity index (χ1v) is 13.7. The van der Waals surface area contributed by atoms with Crippen molar-refractivity contribution in [1.29, 1.82) is 0 Å². The summed E-state index contributed by atoms with van der Waals surface area (Å²) in [7, 11) is 4.15. The van der Waals surface area contributed by atoms with E-state index in [0.29, 0.717) is 23.3 Å². The van der Waals surface area contributed by atoms with Gasteiger partial charge in [0, 0.05) is 46.2 Å². The lowest BCUT2D eigenvalue weighted by atomic mass is 9.78. The van der Waals surface area contributed by atoms with Crippen LogP contribution in [-0.2, 0) is 32.2 Å². The molecule has 7 nitrogen and oxygen atoms in total. The molecule has 14 heteroatoms. The molecule has 44 heavy (non-hydrogen) atoms. The van der Waals surface area contributed by atoms with Crippen LogP contribution in [0.25, 0.3) is 0 Å². The van der Waals surface area contributed by atoms with E-state index in [0.717, 1.165) is 0 Å². The minimum absolute atomic E-state index is 0.00611. The van der Waals surface area contributed by atoms with Gasteiger partial charge in [-0.1, -0.05) is 6.07 Å². The zero-order valence-corrected chi connectivity index (χ0v) is 25.1. The first kappa shape index (κ1) is 34.8. The second kappa shape index (κ2) is 12.7. The van der Waals surface area contributed by atoms with Crippen LogP contribution in [0.1, 0.15) is 54.0 Å². The Morgan fingerprint density at radius 3 is 1.84 bits per heavy atom. The van der Waals surface area contributed by atoms with Crippen molar-refractivity contribution in [2.45, 2.75) is 63.0 Å². The third-order valence-corrected chi connectivity index (χ3v) is 8.26. The highest BCUT2D eigenvalue weighted by molar-refractivity contribution is 6.04. The van der Waals surface area contributed by atoms with Crippen molar-refractivity contribution in [2.24, 2.45) is 0 Å². The number of nitrogens with one attached hydrogen (secondary N) is 2. The number of carbonyl (C=O) groups excluding carboxylic acids is 3. The number of piperidine rings is 1. The molecular weight excluding hydrogens is 597 g/mol. The molecule has 3 amide bonds. The standard InChI is InChI=1S/C30H35F7N4O3/c1-16-11-20(31)7-8-21(16)22-15-41(24(25(42)38-4)26(43)39-5)10-9-23(22)40(6)27(44)28(2,3)17-12-18(29(32,33)34)14-19(13-17)30(35,36)37/h7-8,11-14,22-24H,9-10,15H2,1-6H3,(H,38,42)(H,39,43)/t22-,23+/m1/s1. The lowest BCUT2D eigenvalue weighted by Gasteiger charge is -2.46. The van der Waals surface area contributed by atoms with Gasteiger partial charge in [0.05, 0.1) is 16.5 Å². The molecule has 0 saturated carbocycles. The van der Waals surface area contributed by atoms with Crippen LogP contribution >= 0.6 is 0 Å². The van der Waals surface area contributed by atoms with E-state index >= 15 is 0 Å². The highest BCUT2D eigenvalue weighted by Gasteiger charge is 2.45. The number of amides is 3. The van der Waals surface area contributed by atoms with Gasteiger partial charge in [0.2, 0.25) is 17.7 Å². The predicted octanol–water partition coefficient (Wildman–Crippen LogP) is 4.63. The second-order valence-corrected chi connectivity index (χ2v) is 11.4. The number of carbonyl (C=O) groups is 3. The van der Waals surface area contributed by atoms with Crippen LogP contribution in [0.15, 0.2) is 36.4 Å². The Kier molecular flexibility index (Phi) is 10.1. The number of benzene rings is 2. The van der Waals surface area contributed by atoms with E-state index in [-0.39, 0.29) is 25.6 Å². The summed E-state index contributed by atoms with van der Waals surface area (Å²) >= 11 is 0. The lowest BCUT2D eigenvalue weighted by molar-refractivity contribution is -0.144. The molecule has 0 unspecified atom stereocenters. The number of likely N-dealkylation sites (tertiary alicyclic amines) is 1. The Morgan fingerprint density at radius 1 is 0.886 bits per heavy atom. The van der Waals surface area contributed by atoms with Crippen LogP contribution in [0.2, 0.25) is 0 Å². The van der Waals surface area contributed by atoms with E-state index in [1.54, 1.807) is 11.8 Å². The highest BCUT2D eigenvalue weighted by Crippen LogP contribution is 2.41. The van der Waals surface area contributed by atoms with E-state index < -0.39 is 76.0 Å². The summed E-state index contributed by atoms with van der Waals surface area (Å²) in [6, 6.07) is 3.22. The van der Waals surface area contributed by atoms with Crippen LogP contribution in [0.5, 0.6) is 0 Å². The second-order valence-electron chi connectivity index (χ2n) is 11.4. The molecule has 0 spiro atoms. The van der Waals surface area contributed by atoms with Crippen LogP contribution in [-0.4, -0.2) is 73.8 Å². The molecule has 1 saturated heterocycles. The summed E-state index contributed by atoms with van der Waals surface area (Å²) < 4.78 is 95.6. The van der Waals surface area contributed by atoms with Crippen LogP contribution in [0.4, 0.5) is 30.7 Å². The molecule has 1 heterocycles. The van der Waals surface area contributed by atoms with Gasteiger partial charge < -0.3 is 15.5 Å². The summed E-state index contributed by atoms with van der Waals surface area (Å²) in [5.74, 6) is -3.03. The van der Waals surface area contributed by atoms with E-state index in [9.17, 15) is 45.1 Å². The molecule has 0 bridgehead atoms. The van der Waals surface area contributed by atoms with Crippen molar-refractivity contribution in [3.8, 4) is 0 Å². The van der Waals surface area contributed by atoms with Gasteiger partial charge >= 0.3 is 12.4 Å². The summed E-state index contributed by atoms with van der Waals surface area (Å²) in [4.78, 5) is 42.3. The lowest BCUT2D eigenvalue weighted by Crippen LogP contribution is -2.60. The van der Waals surface area contributed by atoms with Gasteiger partial charge in [-0.2, -0.15) is 26.3 Å². The minimum Gasteiger partial charge on any atom is -0.357 e. The maximum Gasteiger partial charge on any atom is 0.416 e. The maximum absolute atomic E-state index is 14.0. The van der Waals surface area contributed by atoms with Crippen molar-refractivity contribution >= 4 is 17.7 Å². The van der Waals surface area contributed by atoms with E-state index in [2.05, 4.69) is 10.6 Å². The van der Waals surface area contributed by atoms with Gasteiger partial charge in [0.1, 0.15) is 5.82 Å². The van der Waals surface area contributed by atoms with E-state index in [1.807, 2.05) is 0 Å². The van der Waals surface area contributed by atoms with Crippen LogP contribution in [0, 0.1) is 12.7 Å². The largest absolute Gasteiger partial charge is 0.416 e.